The molecular weight excluding hydrogens is 419 g/mol. The molecular formula is C12H6Br2Cl2N2O. The molecule has 0 aliphatic carbocycles. The highest BCUT2D eigenvalue weighted by molar-refractivity contribution is 9.10. The second-order valence-corrected chi connectivity index (χ2v) is 6.11. The van der Waals surface area contributed by atoms with Crippen LogP contribution in [0.2, 0.25) is 10.0 Å². The van der Waals surface area contributed by atoms with Gasteiger partial charge in [-0.2, -0.15) is 0 Å². The van der Waals surface area contributed by atoms with Crippen LogP contribution in [0.25, 0.3) is 0 Å². The molecule has 0 radical (unpaired) electrons. The molecule has 1 aromatic carbocycles. The number of rotatable bonds is 2. The van der Waals surface area contributed by atoms with Crippen molar-refractivity contribution in [3.05, 3.63) is 55.1 Å². The van der Waals surface area contributed by atoms with Gasteiger partial charge in [0.05, 0.1) is 21.3 Å². The summed E-state index contributed by atoms with van der Waals surface area (Å²) in [5.74, 6) is -0.328. The third-order valence-electron chi connectivity index (χ3n) is 2.23. The number of benzene rings is 1. The smallest absolute Gasteiger partial charge is 0.257 e. The predicted octanol–water partition coefficient (Wildman–Crippen LogP) is 5.17. The van der Waals surface area contributed by atoms with E-state index in [9.17, 15) is 4.79 Å². The number of amides is 1. The van der Waals surface area contributed by atoms with Crippen molar-refractivity contribution in [3.8, 4) is 0 Å². The Morgan fingerprint density at radius 2 is 1.79 bits per heavy atom. The first-order chi connectivity index (χ1) is 8.97. The fraction of sp³-hybridized carbons (Fsp3) is 0. The Kier molecular flexibility index (Phi) is 4.84. The van der Waals surface area contributed by atoms with Gasteiger partial charge in [0.15, 0.2) is 0 Å². The molecule has 0 spiro atoms. The Bertz CT molecular complexity index is 609. The summed E-state index contributed by atoms with van der Waals surface area (Å²) >= 11 is 18.6. The molecule has 19 heavy (non-hydrogen) atoms. The van der Waals surface area contributed by atoms with Crippen LogP contribution in [0.4, 0.5) is 5.69 Å². The molecule has 2 rings (SSSR count). The SMILES string of the molecule is O=C(Nc1c(Cl)cc(Br)cc1Cl)c1ccc(Br)nc1. The largest absolute Gasteiger partial charge is 0.319 e. The number of hydrogen-bond acceptors (Lipinski definition) is 2. The lowest BCUT2D eigenvalue weighted by Crippen LogP contribution is -2.12. The minimum Gasteiger partial charge on any atom is -0.319 e. The van der Waals surface area contributed by atoms with E-state index in [1.165, 1.54) is 6.20 Å². The van der Waals surface area contributed by atoms with Crippen LogP contribution in [-0.4, -0.2) is 10.9 Å². The van der Waals surface area contributed by atoms with E-state index in [0.717, 1.165) is 4.47 Å². The monoisotopic (exact) mass is 422 g/mol. The lowest BCUT2D eigenvalue weighted by atomic mass is 10.2. The standard InChI is InChI=1S/C12H6Br2Cl2N2O/c13-7-3-8(15)11(9(16)4-7)18-12(19)6-1-2-10(14)17-5-6/h1-5H,(H,18,19). The molecule has 2 aromatic rings. The Hall–Kier alpha value is -0.620. The van der Waals surface area contributed by atoms with E-state index in [1.54, 1.807) is 24.3 Å². The molecule has 1 N–H and O–H groups in total. The zero-order valence-electron chi connectivity index (χ0n) is 9.25. The molecule has 1 heterocycles. The lowest BCUT2D eigenvalue weighted by molar-refractivity contribution is 0.102. The average Bonchev–Trinajstić information content (AvgIpc) is 2.34. The summed E-state index contributed by atoms with van der Waals surface area (Å²) in [6, 6.07) is 6.64. The molecule has 0 bridgehead atoms. The summed E-state index contributed by atoms with van der Waals surface area (Å²) in [6.45, 7) is 0. The van der Waals surface area contributed by atoms with Gasteiger partial charge in [0, 0.05) is 10.7 Å². The summed E-state index contributed by atoms with van der Waals surface area (Å²) in [6.07, 6.45) is 1.46. The Morgan fingerprint density at radius 1 is 1.16 bits per heavy atom. The number of pyridine rings is 1. The second-order valence-electron chi connectivity index (χ2n) is 3.57. The highest BCUT2D eigenvalue weighted by Crippen LogP contribution is 2.34. The lowest BCUT2D eigenvalue weighted by Gasteiger charge is -2.09. The topological polar surface area (TPSA) is 42.0 Å². The number of nitrogens with one attached hydrogen (secondary N) is 1. The third-order valence-corrected chi connectivity index (χ3v) is 3.76. The summed E-state index contributed by atoms with van der Waals surface area (Å²) in [5.41, 5.74) is 0.790. The van der Waals surface area contributed by atoms with Crippen LogP contribution in [-0.2, 0) is 0 Å². The van der Waals surface area contributed by atoms with Gasteiger partial charge in [-0.25, -0.2) is 4.98 Å². The van der Waals surface area contributed by atoms with E-state index < -0.39 is 0 Å². The first-order valence-corrected chi connectivity index (χ1v) is 7.39. The van der Waals surface area contributed by atoms with Crippen LogP contribution in [0, 0.1) is 0 Å². The van der Waals surface area contributed by atoms with Crippen molar-refractivity contribution in [1.29, 1.82) is 0 Å². The molecule has 0 unspecified atom stereocenters. The summed E-state index contributed by atoms with van der Waals surface area (Å²) in [5, 5.41) is 3.38. The van der Waals surface area contributed by atoms with E-state index in [0.29, 0.717) is 25.9 Å². The molecule has 0 aliphatic heterocycles. The van der Waals surface area contributed by atoms with Crippen LogP contribution in [0.3, 0.4) is 0 Å². The van der Waals surface area contributed by atoms with Gasteiger partial charge in [-0.05, 0) is 40.2 Å². The third kappa shape index (κ3) is 3.69. The fourth-order valence-corrected chi connectivity index (χ4v) is 2.89. The van der Waals surface area contributed by atoms with E-state index >= 15 is 0 Å². The highest BCUT2D eigenvalue weighted by Gasteiger charge is 2.12. The van der Waals surface area contributed by atoms with E-state index in [1.807, 2.05) is 0 Å². The second kappa shape index (κ2) is 6.22. The normalized spacial score (nSPS) is 10.3. The van der Waals surface area contributed by atoms with E-state index in [-0.39, 0.29) is 5.91 Å². The molecule has 1 amide bonds. The fourth-order valence-electron chi connectivity index (χ4n) is 1.36. The summed E-state index contributed by atoms with van der Waals surface area (Å²) < 4.78 is 1.40. The van der Waals surface area contributed by atoms with Crippen molar-refractivity contribution in [1.82, 2.24) is 4.98 Å². The van der Waals surface area contributed by atoms with Gasteiger partial charge in [-0.3, -0.25) is 4.79 Å². The Morgan fingerprint density at radius 3 is 2.32 bits per heavy atom. The van der Waals surface area contributed by atoms with Crippen LogP contribution < -0.4 is 5.32 Å². The van der Waals surface area contributed by atoms with Gasteiger partial charge < -0.3 is 5.32 Å². The van der Waals surface area contributed by atoms with Gasteiger partial charge >= 0.3 is 0 Å². The van der Waals surface area contributed by atoms with Crippen molar-refractivity contribution in [2.45, 2.75) is 0 Å². The summed E-state index contributed by atoms with van der Waals surface area (Å²) in [4.78, 5) is 16.0. The van der Waals surface area contributed by atoms with Crippen LogP contribution in [0.5, 0.6) is 0 Å². The molecule has 0 atom stereocenters. The number of hydrogen-bond donors (Lipinski definition) is 1. The molecule has 7 heteroatoms. The van der Waals surface area contributed by atoms with E-state index in [2.05, 4.69) is 42.2 Å². The zero-order valence-corrected chi connectivity index (χ0v) is 13.9. The first-order valence-electron chi connectivity index (χ1n) is 5.05. The number of carbonyl (C=O) groups excluding carboxylic acids is 1. The minimum atomic E-state index is -0.328. The van der Waals surface area contributed by atoms with Gasteiger partial charge in [0.1, 0.15) is 4.60 Å². The van der Waals surface area contributed by atoms with Gasteiger partial charge in [0.25, 0.3) is 5.91 Å². The molecule has 3 nitrogen and oxygen atoms in total. The summed E-state index contributed by atoms with van der Waals surface area (Å²) in [7, 11) is 0. The van der Waals surface area contributed by atoms with Crippen LogP contribution >= 0.6 is 55.1 Å². The molecule has 0 saturated carbocycles. The maximum Gasteiger partial charge on any atom is 0.257 e. The van der Waals surface area contributed by atoms with E-state index in [4.69, 9.17) is 23.2 Å². The molecule has 0 fully saturated rings. The first kappa shape index (κ1) is 14.8. The molecule has 1 aromatic heterocycles. The Balaban J connectivity index is 2.26. The van der Waals surface area contributed by atoms with Crippen molar-refractivity contribution >= 4 is 66.7 Å². The van der Waals surface area contributed by atoms with Crippen molar-refractivity contribution in [2.75, 3.05) is 5.32 Å². The van der Waals surface area contributed by atoms with Gasteiger partial charge in [0.2, 0.25) is 0 Å². The minimum absolute atomic E-state index is 0.328. The van der Waals surface area contributed by atoms with Crippen molar-refractivity contribution in [3.63, 3.8) is 0 Å². The van der Waals surface area contributed by atoms with Gasteiger partial charge in [-0.1, -0.05) is 39.1 Å². The maximum absolute atomic E-state index is 12.0. The number of carbonyl (C=O) groups is 1. The number of halogens is 4. The van der Waals surface area contributed by atoms with Crippen LogP contribution in [0.15, 0.2) is 39.5 Å². The predicted molar refractivity (Wildman–Crippen MR) is 84.1 cm³/mol. The number of nitrogens with zero attached hydrogens (tertiary/aromatic N) is 1. The maximum atomic E-state index is 12.0. The average molecular weight is 425 g/mol. The molecule has 0 aliphatic rings. The Labute approximate surface area is 136 Å². The zero-order chi connectivity index (χ0) is 14.0. The van der Waals surface area contributed by atoms with Crippen molar-refractivity contribution in [2.24, 2.45) is 0 Å². The number of aromatic nitrogens is 1. The number of anilines is 1. The molecule has 0 saturated heterocycles. The quantitative estimate of drug-likeness (QED) is 0.676. The highest BCUT2D eigenvalue weighted by atomic mass is 79.9. The van der Waals surface area contributed by atoms with Crippen LogP contribution in [0.1, 0.15) is 10.4 Å². The molecule has 98 valence electrons. The van der Waals surface area contributed by atoms with Gasteiger partial charge in [-0.15, -0.1) is 0 Å². The van der Waals surface area contributed by atoms with Crippen molar-refractivity contribution < 1.29 is 4.79 Å².